The zero-order valence-electron chi connectivity index (χ0n) is 11.4. The average Bonchev–Trinajstić information content (AvgIpc) is 3.09. The highest BCUT2D eigenvalue weighted by Crippen LogP contribution is 2.10. The van der Waals surface area contributed by atoms with Crippen LogP contribution in [0.3, 0.4) is 0 Å². The third kappa shape index (κ3) is 4.28. The molecule has 2 heterocycles. The van der Waals surface area contributed by atoms with Gasteiger partial charge in [-0.3, -0.25) is 5.10 Å². The van der Waals surface area contributed by atoms with E-state index in [9.17, 15) is 9.59 Å². The van der Waals surface area contributed by atoms with E-state index in [1.807, 2.05) is 0 Å². The maximum absolute atomic E-state index is 11.8. The molecule has 0 aliphatic rings. The van der Waals surface area contributed by atoms with Crippen molar-refractivity contribution in [2.24, 2.45) is 0 Å². The number of carboxylic acids is 1. The molecule has 2 amide bonds. The van der Waals surface area contributed by atoms with E-state index in [4.69, 9.17) is 5.11 Å². The molecule has 9 heteroatoms. The van der Waals surface area contributed by atoms with Gasteiger partial charge in [0, 0.05) is 37.2 Å². The second-order valence-electron chi connectivity index (χ2n) is 4.38. The van der Waals surface area contributed by atoms with Gasteiger partial charge in [-0.25, -0.2) is 14.6 Å². The molecule has 0 aliphatic heterocycles. The van der Waals surface area contributed by atoms with Crippen molar-refractivity contribution >= 4 is 23.3 Å². The molecule has 0 saturated carbocycles. The summed E-state index contributed by atoms with van der Waals surface area (Å²) in [5.74, 6) is -1.04. The number of carbonyl (C=O) groups is 2. The molecule has 8 nitrogen and oxygen atoms in total. The fourth-order valence-corrected chi connectivity index (χ4v) is 2.42. The van der Waals surface area contributed by atoms with Crippen molar-refractivity contribution in [2.75, 3.05) is 13.6 Å². The van der Waals surface area contributed by atoms with Crippen molar-refractivity contribution < 1.29 is 14.7 Å². The monoisotopic (exact) mass is 309 g/mol. The molecule has 0 aliphatic carbocycles. The number of hydrogen-bond acceptors (Lipinski definition) is 5. The van der Waals surface area contributed by atoms with Crippen molar-refractivity contribution in [1.82, 2.24) is 25.4 Å². The number of H-pyrrole nitrogens is 1. The van der Waals surface area contributed by atoms with Crippen molar-refractivity contribution in [3.8, 4) is 0 Å². The molecule has 0 radical (unpaired) electrons. The molecule has 3 N–H and O–H groups in total. The molecule has 2 aromatic heterocycles. The predicted molar refractivity (Wildman–Crippen MR) is 76.2 cm³/mol. The lowest BCUT2D eigenvalue weighted by Gasteiger charge is -2.16. The molecule has 0 bridgehead atoms. The molecule has 0 atom stereocenters. The highest BCUT2D eigenvalue weighted by molar-refractivity contribution is 7.09. The fraction of sp³-hybridized carbons (Fsp3) is 0.333. The number of thiazole rings is 1. The van der Waals surface area contributed by atoms with Gasteiger partial charge in [-0.15, -0.1) is 11.3 Å². The minimum absolute atomic E-state index is 0.0402. The molecule has 112 valence electrons. The summed E-state index contributed by atoms with van der Waals surface area (Å²) in [6, 6.07) is -0.203. The Bertz CT molecular complexity index is 610. The van der Waals surface area contributed by atoms with Gasteiger partial charge >= 0.3 is 12.0 Å². The van der Waals surface area contributed by atoms with Crippen LogP contribution < -0.4 is 5.32 Å². The van der Waals surface area contributed by atoms with Gasteiger partial charge in [0.05, 0.1) is 17.7 Å². The Balaban J connectivity index is 1.74. The van der Waals surface area contributed by atoms with Gasteiger partial charge in [-0.05, 0) is 0 Å². The van der Waals surface area contributed by atoms with Crippen LogP contribution in [-0.2, 0) is 13.0 Å². The maximum Gasteiger partial charge on any atom is 0.355 e. The minimum atomic E-state index is -1.04. The van der Waals surface area contributed by atoms with Crippen LogP contribution in [0, 0.1) is 0 Å². The zero-order chi connectivity index (χ0) is 15.2. The topological polar surface area (TPSA) is 111 Å². The molecular weight excluding hydrogens is 294 g/mol. The van der Waals surface area contributed by atoms with Crippen LogP contribution in [0.15, 0.2) is 17.8 Å². The summed E-state index contributed by atoms with van der Waals surface area (Å²) in [5, 5.41) is 20.2. The van der Waals surface area contributed by atoms with E-state index >= 15 is 0 Å². The molecule has 0 unspecified atom stereocenters. The Hall–Kier alpha value is -2.42. The number of hydrogen-bond donors (Lipinski definition) is 3. The zero-order valence-corrected chi connectivity index (χ0v) is 12.2. The average molecular weight is 309 g/mol. The van der Waals surface area contributed by atoms with Crippen LogP contribution in [0.4, 0.5) is 4.79 Å². The number of aromatic amines is 1. The molecule has 0 fully saturated rings. The van der Waals surface area contributed by atoms with E-state index in [0.29, 0.717) is 24.5 Å². The summed E-state index contributed by atoms with van der Waals surface area (Å²) in [4.78, 5) is 28.0. The first-order chi connectivity index (χ1) is 10.1. The number of nitrogens with zero attached hydrogens (tertiary/aromatic N) is 3. The second kappa shape index (κ2) is 6.84. The van der Waals surface area contributed by atoms with E-state index in [0.717, 1.165) is 5.56 Å². The summed E-state index contributed by atoms with van der Waals surface area (Å²) in [6.07, 6.45) is 3.89. The summed E-state index contributed by atoms with van der Waals surface area (Å²) < 4.78 is 0. The number of nitrogens with one attached hydrogen (secondary N) is 2. The fourth-order valence-electron chi connectivity index (χ4n) is 1.65. The summed E-state index contributed by atoms with van der Waals surface area (Å²) in [5.41, 5.74) is 0.956. The third-order valence-electron chi connectivity index (χ3n) is 2.71. The van der Waals surface area contributed by atoms with Crippen LogP contribution in [0.2, 0.25) is 0 Å². The lowest BCUT2D eigenvalue weighted by Crippen LogP contribution is -2.37. The van der Waals surface area contributed by atoms with Gasteiger partial charge in [-0.2, -0.15) is 5.10 Å². The number of urea groups is 1. The van der Waals surface area contributed by atoms with E-state index in [-0.39, 0.29) is 11.7 Å². The predicted octanol–water partition coefficient (Wildman–Crippen LogP) is 0.949. The lowest BCUT2D eigenvalue weighted by molar-refractivity contribution is 0.0691. The normalized spacial score (nSPS) is 10.3. The van der Waals surface area contributed by atoms with E-state index in [1.54, 1.807) is 19.4 Å². The number of carbonyl (C=O) groups excluding carboxylic acids is 1. The largest absolute Gasteiger partial charge is 0.476 e. The van der Waals surface area contributed by atoms with Crippen LogP contribution in [0.25, 0.3) is 0 Å². The first-order valence-electron chi connectivity index (χ1n) is 6.20. The summed E-state index contributed by atoms with van der Waals surface area (Å²) in [6.45, 7) is 0.865. The van der Waals surface area contributed by atoms with Gasteiger partial charge in [0.1, 0.15) is 0 Å². The van der Waals surface area contributed by atoms with Crippen molar-refractivity contribution in [2.45, 2.75) is 13.0 Å². The quantitative estimate of drug-likeness (QED) is 0.735. The van der Waals surface area contributed by atoms with Crippen molar-refractivity contribution in [3.63, 3.8) is 0 Å². The Morgan fingerprint density at radius 1 is 1.52 bits per heavy atom. The van der Waals surface area contributed by atoms with Crippen molar-refractivity contribution in [1.29, 1.82) is 0 Å². The molecule has 0 aromatic carbocycles. The Kier molecular flexibility index (Phi) is 4.88. The number of aromatic nitrogens is 3. The first-order valence-corrected chi connectivity index (χ1v) is 7.08. The Morgan fingerprint density at radius 3 is 2.95 bits per heavy atom. The Labute approximate surface area is 124 Å². The third-order valence-corrected chi connectivity index (χ3v) is 3.62. The second-order valence-corrected chi connectivity index (χ2v) is 5.32. The maximum atomic E-state index is 11.8. The highest BCUT2D eigenvalue weighted by atomic mass is 32.1. The number of rotatable bonds is 6. The van der Waals surface area contributed by atoms with E-state index in [2.05, 4.69) is 20.5 Å². The smallest absolute Gasteiger partial charge is 0.355 e. The SMILES string of the molecule is CN(Cc1cn[nH]c1)C(=O)NCCc1nc(C(=O)O)cs1. The van der Waals surface area contributed by atoms with Gasteiger partial charge in [0.2, 0.25) is 0 Å². The van der Waals surface area contributed by atoms with Gasteiger partial charge in [-0.1, -0.05) is 0 Å². The van der Waals surface area contributed by atoms with Crippen LogP contribution in [0.1, 0.15) is 21.1 Å². The molecule has 2 rings (SSSR count). The van der Waals surface area contributed by atoms with Crippen LogP contribution in [-0.4, -0.2) is 50.8 Å². The molecule has 0 saturated heterocycles. The first kappa shape index (κ1) is 15.0. The molecule has 0 spiro atoms. The number of carboxylic acid groups (broad SMARTS) is 1. The van der Waals surface area contributed by atoms with Crippen molar-refractivity contribution in [3.05, 3.63) is 34.0 Å². The summed E-state index contributed by atoms with van der Waals surface area (Å²) >= 11 is 1.27. The molecular formula is C12H15N5O3S. The molecule has 21 heavy (non-hydrogen) atoms. The number of amides is 2. The lowest BCUT2D eigenvalue weighted by atomic mass is 10.3. The van der Waals surface area contributed by atoms with Gasteiger partial charge in [0.25, 0.3) is 0 Å². The molecule has 2 aromatic rings. The van der Waals surface area contributed by atoms with Gasteiger partial charge in [0.15, 0.2) is 5.69 Å². The van der Waals surface area contributed by atoms with E-state index in [1.165, 1.54) is 21.6 Å². The minimum Gasteiger partial charge on any atom is -0.476 e. The van der Waals surface area contributed by atoms with Crippen LogP contribution >= 0.6 is 11.3 Å². The standard InChI is InChI=1S/C12H15N5O3S/c1-17(6-8-4-14-15-5-8)12(20)13-3-2-10-16-9(7-21-10)11(18)19/h4-5,7H,2-3,6H2,1H3,(H,13,20)(H,14,15)(H,18,19). The van der Waals surface area contributed by atoms with Gasteiger partial charge < -0.3 is 15.3 Å². The van der Waals surface area contributed by atoms with Crippen LogP contribution in [0.5, 0.6) is 0 Å². The highest BCUT2D eigenvalue weighted by Gasteiger charge is 2.11. The van der Waals surface area contributed by atoms with E-state index < -0.39 is 5.97 Å². The number of aromatic carboxylic acids is 1. The summed E-state index contributed by atoms with van der Waals surface area (Å²) in [7, 11) is 1.69. The Morgan fingerprint density at radius 2 is 2.33 bits per heavy atom.